The number of nitrogens with zero attached hydrogens (tertiary/aromatic N) is 1. The highest BCUT2D eigenvalue weighted by Crippen LogP contribution is 2.25. The zero-order valence-corrected chi connectivity index (χ0v) is 10.2. The predicted octanol–water partition coefficient (Wildman–Crippen LogP) is 2.13. The molecule has 0 radical (unpaired) electrons. The average molecular weight is 235 g/mol. The first-order valence-corrected chi connectivity index (χ1v) is 6.42. The van der Waals surface area contributed by atoms with Crippen molar-refractivity contribution in [2.75, 3.05) is 13.2 Å². The van der Waals surface area contributed by atoms with Gasteiger partial charge in [-0.05, 0) is 30.5 Å². The van der Waals surface area contributed by atoms with E-state index in [9.17, 15) is 5.11 Å². The molecule has 1 aliphatic carbocycles. The van der Waals surface area contributed by atoms with Crippen LogP contribution in [0, 0.1) is 0 Å². The molecule has 0 unspecified atom stereocenters. The van der Waals surface area contributed by atoms with Gasteiger partial charge in [-0.2, -0.15) is 0 Å². The fourth-order valence-corrected chi connectivity index (χ4v) is 2.62. The first kappa shape index (κ1) is 12.4. The second kappa shape index (κ2) is 6.03. The van der Waals surface area contributed by atoms with Gasteiger partial charge in [0.05, 0.1) is 6.61 Å². The third-order valence-corrected chi connectivity index (χ3v) is 3.55. The number of phenols is 1. The lowest BCUT2D eigenvalue weighted by molar-refractivity contribution is 0.145. The molecule has 0 bridgehead atoms. The van der Waals surface area contributed by atoms with Crippen molar-refractivity contribution in [2.24, 2.45) is 0 Å². The molecule has 2 N–H and O–H groups in total. The number of rotatable bonds is 5. The molecule has 3 heteroatoms. The Morgan fingerprint density at radius 2 is 1.76 bits per heavy atom. The first-order valence-electron chi connectivity index (χ1n) is 6.42. The van der Waals surface area contributed by atoms with Crippen molar-refractivity contribution in [2.45, 2.75) is 38.3 Å². The Bertz CT molecular complexity index is 331. The van der Waals surface area contributed by atoms with Crippen molar-refractivity contribution in [3.05, 3.63) is 29.8 Å². The summed E-state index contributed by atoms with van der Waals surface area (Å²) in [4.78, 5) is 2.36. The minimum atomic E-state index is 0.217. The largest absolute Gasteiger partial charge is 0.508 e. The topological polar surface area (TPSA) is 43.7 Å². The molecule has 1 aliphatic rings. The van der Waals surface area contributed by atoms with Gasteiger partial charge in [0, 0.05) is 19.1 Å². The van der Waals surface area contributed by atoms with E-state index < -0.39 is 0 Å². The molecule has 3 nitrogen and oxygen atoms in total. The highest BCUT2D eigenvalue weighted by molar-refractivity contribution is 5.25. The zero-order chi connectivity index (χ0) is 12.1. The number of aliphatic hydroxyl groups excluding tert-OH is 1. The van der Waals surface area contributed by atoms with Crippen molar-refractivity contribution in [3.8, 4) is 5.75 Å². The predicted molar refractivity (Wildman–Crippen MR) is 67.9 cm³/mol. The SMILES string of the molecule is OCCN(Cc1ccc(O)cc1)C1CCCC1. The highest BCUT2D eigenvalue weighted by atomic mass is 16.3. The third kappa shape index (κ3) is 3.45. The number of aliphatic hydroxyl groups is 1. The second-order valence-corrected chi connectivity index (χ2v) is 4.80. The van der Waals surface area contributed by atoms with Crippen LogP contribution in [0.25, 0.3) is 0 Å². The van der Waals surface area contributed by atoms with Gasteiger partial charge >= 0.3 is 0 Å². The van der Waals surface area contributed by atoms with Crippen molar-refractivity contribution in [1.82, 2.24) is 4.90 Å². The van der Waals surface area contributed by atoms with Crippen LogP contribution in [0.5, 0.6) is 5.75 Å². The summed E-state index contributed by atoms with van der Waals surface area (Å²) in [5.41, 5.74) is 1.20. The van der Waals surface area contributed by atoms with Gasteiger partial charge in [-0.15, -0.1) is 0 Å². The Morgan fingerprint density at radius 1 is 1.12 bits per heavy atom. The molecular weight excluding hydrogens is 214 g/mol. The Kier molecular flexibility index (Phi) is 4.40. The average Bonchev–Trinajstić information content (AvgIpc) is 2.85. The molecule has 1 fully saturated rings. The molecular formula is C14H21NO2. The van der Waals surface area contributed by atoms with Crippen LogP contribution in [0.3, 0.4) is 0 Å². The molecule has 1 aromatic rings. The number of benzene rings is 1. The Morgan fingerprint density at radius 3 is 2.35 bits per heavy atom. The standard InChI is InChI=1S/C14H21NO2/c16-10-9-15(13-3-1-2-4-13)11-12-5-7-14(17)8-6-12/h5-8,13,16-17H,1-4,9-11H2. The first-order chi connectivity index (χ1) is 8.29. The van der Waals surface area contributed by atoms with E-state index in [2.05, 4.69) is 4.90 Å². The molecule has 94 valence electrons. The van der Waals surface area contributed by atoms with Gasteiger partial charge in [-0.1, -0.05) is 25.0 Å². The molecule has 0 atom stereocenters. The number of hydrogen-bond donors (Lipinski definition) is 2. The van der Waals surface area contributed by atoms with Gasteiger partial charge in [0.15, 0.2) is 0 Å². The van der Waals surface area contributed by atoms with Gasteiger partial charge in [-0.25, -0.2) is 0 Å². The van der Waals surface area contributed by atoms with E-state index in [1.165, 1.54) is 31.2 Å². The minimum Gasteiger partial charge on any atom is -0.508 e. The fourth-order valence-electron chi connectivity index (χ4n) is 2.62. The van der Waals surface area contributed by atoms with E-state index in [1.54, 1.807) is 12.1 Å². The van der Waals surface area contributed by atoms with Gasteiger partial charge in [0.1, 0.15) is 5.75 Å². The van der Waals surface area contributed by atoms with Gasteiger partial charge < -0.3 is 10.2 Å². The smallest absolute Gasteiger partial charge is 0.115 e. The maximum Gasteiger partial charge on any atom is 0.115 e. The van der Waals surface area contributed by atoms with Crippen LogP contribution in [0.1, 0.15) is 31.2 Å². The minimum absolute atomic E-state index is 0.217. The number of aromatic hydroxyl groups is 1. The van der Waals surface area contributed by atoms with E-state index in [0.29, 0.717) is 11.8 Å². The van der Waals surface area contributed by atoms with E-state index >= 15 is 0 Å². The normalized spacial score (nSPS) is 16.8. The van der Waals surface area contributed by atoms with E-state index in [1.807, 2.05) is 12.1 Å². The zero-order valence-electron chi connectivity index (χ0n) is 10.2. The summed E-state index contributed by atoms with van der Waals surface area (Å²) in [6.45, 7) is 1.83. The molecule has 0 aromatic heterocycles. The lowest BCUT2D eigenvalue weighted by Crippen LogP contribution is -2.35. The van der Waals surface area contributed by atoms with Crippen LogP contribution < -0.4 is 0 Å². The molecule has 0 heterocycles. The molecule has 2 rings (SSSR count). The molecule has 0 aliphatic heterocycles. The van der Waals surface area contributed by atoms with Crippen LogP contribution in [-0.2, 0) is 6.54 Å². The van der Waals surface area contributed by atoms with Crippen LogP contribution in [0.4, 0.5) is 0 Å². The highest BCUT2D eigenvalue weighted by Gasteiger charge is 2.21. The number of phenolic OH excluding ortho intramolecular Hbond substituents is 1. The summed E-state index contributed by atoms with van der Waals surface area (Å²) < 4.78 is 0. The maximum atomic E-state index is 9.25. The summed E-state index contributed by atoms with van der Waals surface area (Å²) in [5, 5.41) is 18.4. The Balaban J connectivity index is 1.98. The van der Waals surface area contributed by atoms with Crippen LogP contribution in [0.2, 0.25) is 0 Å². The molecule has 0 saturated heterocycles. The molecule has 0 spiro atoms. The molecule has 17 heavy (non-hydrogen) atoms. The summed E-state index contributed by atoms with van der Waals surface area (Å²) in [7, 11) is 0. The van der Waals surface area contributed by atoms with Crippen molar-refractivity contribution in [3.63, 3.8) is 0 Å². The second-order valence-electron chi connectivity index (χ2n) is 4.80. The van der Waals surface area contributed by atoms with Crippen molar-refractivity contribution < 1.29 is 10.2 Å². The van der Waals surface area contributed by atoms with E-state index in [0.717, 1.165) is 13.1 Å². The fraction of sp³-hybridized carbons (Fsp3) is 0.571. The number of hydrogen-bond acceptors (Lipinski definition) is 3. The quantitative estimate of drug-likeness (QED) is 0.821. The molecule has 0 amide bonds. The summed E-state index contributed by atoms with van der Waals surface area (Å²) in [5.74, 6) is 0.309. The third-order valence-electron chi connectivity index (χ3n) is 3.55. The maximum absolute atomic E-state index is 9.25. The van der Waals surface area contributed by atoms with Crippen LogP contribution in [-0.4, -0.2) is 34.3 Å². The monoisotopic (exact) mass is 235 g/mol. The Hall–Kier alpha value is -1.06. The van der Waals surface area contributed by atoms with Crippen LogP contribution >= 0.6 is 0 Å². The summed E-state index contributed by atoms with van der Waals surface area (Å²) >= 11 is 0. The van der Waals surface area contributed by atoms with Gasteiger partial charge in [0.25, 0.3) is 0 Å². The van der Waals surface area contributed by atoms with Gasteiger partial charge in [0.2, 0.25) is 0 Å². The van der Waals surface area contributed by atoms with Gasteiger partial charge in [-0.3, -0.25) is 4.90 Å². The lowest BCUT2D eigenvalue weighted by Gasteiger charge is -2.28. The van der Waals surface area contributed by atoms with E-state index in [4.69, 9.17) is 5.11 Å². The van der Waals surface area contributed by atoms with Crippen molar-refractivity contribution >= 4 is 0 Å². The Labute approximate surface area is 103 Å². The van der Waals surface area contributed by atoms with E-state index in [-0.39, 0.29) is 6.61 Å². The van der Waals surface area contributed by atoms with Crippen LogP contribution in [0.15, 0.2) is 24.3 Å². The van der Waals surface area contributed by atoms with Crippen molar-refractivity contribution in [1.29, 1.82) is 0 Å². The summed E-state index contributed by atoms with van der Waals surface area (Å²) in [6, 6.07) is 7.97. The molecule has 1 aromatic carbocycles. The summed E-state index contributed by atoms with van der Waals surface area (Å²) in [6.07, 6.45) is 5.11. The lowest BCUT2D eigenvalue weighted by atomic mass is 10.1. The molecule has 1 saturated carbocycles.